The van der Waals surface area contributed by atoms with Crippen LogP contribution in [0.3, 0.4) is 0 Å². The average Bonchev–Trinajstić information content (AvgIpc) is 3.12. The van der Waals surface area contributed by atoms with Crippen molar-refractivity contribution in [3.8, 4) is 0 Å². The second kappa shape index (κ2) is 10.1. The summed E-state index contributed by atoms with van der Waals surface area (Å²) in [7, 11) is 1.83. The molecule has 0 spiro atoms. The van der Waals surface area contributed by atoms with Gasteiger partial charge in [0.2, 0.25) is 0 Å². The predicted octanol–water partition coefficient (Wildman–Crippen LogP) is 5.84. The Morgan fingerprint density at radius 2 is 1.72 bits per heavy atom. The number of fused-ring (bicyclic) bond motifs is 1. The highest BCUT2D eigenvalue weighted by molar-refractivity contribution is 6.38. The summed E-state index contributed by atoms with van der Waals surface area (Å²) in [6, 6.07) is 8.30. The maximum atomic E-state index is 14.0. The van der Waals surface area contributed by atoms with E-state index in [2.05, 4.69) is 0 Å². The van der Waals surface area contributed by atoms with E-state index in [9.17, 15) is 18.4 Å². The number of amides is 1. The maximum absolute atomic E-state index is 14.0. The summed E-state index contributed by atoms with van der Waals surface area (Å²) in [5, 5.41) is 1.61. The Kier molecular flexibility index (Phi) is 7.47. The summed E-state index contributed by atoms with van der Waals surface area (Å²) >= 11 is 13.3. The molecule has 1 aliphatic heterocycles. The molecule has 36 heavy (non-hydrogen) atoms. The van der Waals surface area contributed by atoms with Gasteiger partial charge in [-0.1, -0.05) is 23.2 Å². The molecule has 192 valence electrons. The van der Waals surface area contributed by atoms with Gasteiger partial charge in [-0.2, -0.15) is 0 Å². The Morgan fingerprint density at radius 3 is 2.33 bits per heavy atom. The van der Waals surface area contributed by atoms with Crippen LogP contribution < -0.4 is 0 Å². The number of carbonyl (C=O) groups excluding carboxylic acids is 2. The van der Waals surface area contributed by atoms with Crippen LogP contribution in [0.5, 0.6) is 0 Å². The van der Waals surface area contributed by atoms with Crippen molar-refractivity contribution in [3.05, 3.63) is 68.3 Å². The van der Waals surface area contributed by atoms with Crippen molar-refractivity contribution in [2.75, 3.05) is 32.7 Å². The molecular formula is C27H29Cl2F2N3O2. The summed E-state index contributed by atoms with van der Waals surface area (Å²) in [6.45, 7) is 6.91. The number of aromatic nitrogens is 1. The van der Waals surface area contributed by atoms with Crippen LogP contribution >= 0.6 is 23.2 Å². The number of carbonyl (C=O) groups is 2. The molecule has 2 heterocycles. The van der Waals surface area contributed by atoms with Crippen LogP contribution in [0.15, 0.2) is 30.3 Å². The topological polar surface area (TPSA) is 45.6 Å². The molecule has 0 bridgehead atoms. The van der Waals surface area contributed by atoms with E-state index >= 15 is 0 Å². The largest absolute Gasteiger partial charge is 0.347 e. The zero-order chi connectivity index (χ0) is 26.4. The van der Waals surface area contributed by atoms with Crippen molar-refractivity contribution in [2.24, 2.45) is 7.05 Å². The first kappa shape index (κ1) is 26.6. The molecule has 9 heteroatoms. The number of hydrogen-bond donors (Lipinski definition) is 0. The number of Topliss-reactive ketones (excluding diaryl/α,β-unsaturated/α-hetero) is 1. The smallest absolute Gasteiger partial charge is 0.270 e. The van der Waals surface area contributed by atoms with Crippen molar-refractivity contribution >= 4 is 45.8 Å². The van der Waals surface area contributed by atoms with Gasteiger partial charge in [-0.05, 0) is 55.3 Å². The van der Waals surface area contributed by atoms with Gasteiger partial charge in [0.25, 0.3) is 11.8 Å². The SMILES string of the molecule is CC(=O)CN1CCN(C(=O)c2ccc(Cl)c(Cc3cc4c(C)cc(C(C)(F)F)cc4n3C)c2Cl)CC1. The molecule has 1 aromatic heterocycles. The lowest BCUT2D eigenvalue weighted by Gasteiger charge is -2.34. The summed E-state index contributed by atoms with van der Waals surface area (Å²) in [4.78, 5) is 28.4. The van der Waals surface area contributed by atoms with Crippen LogP contribution in [0.1, 0.15) is 46.6 Å². The lowest BCUT2D eigenvalue weighted by Crippen LogP contribution is -2.49. The highest BCUT2D eigenvalue weighted by Crippen LogP contribution is 2.35. The summed E-state index contributed by atoms with van der Waals surface area (Å²) in [6.07, 6.45) is 0.341. The monoisotopic (exact) mass is 535 g/mol. The van der Waals surface area contributed by atoms with E-state index in [1.807, 2.05) is 29.5 Å². The number of alkyl halides is 2. The van der Waals surface area contributed by atoms with Crippen molar-refractivity contribution < 1.29 is 18.4 Å². The molecular weight excluding hydrogens is 507 g/mol. The number of rotatable bonds is 6. The highest BCUT2D eigenvalue weighted by Gasteiger charge is 2.27. The fraction of sp³-hybridized carbons (Fsp3) is 0.407. The fourth-order valence-corrected chi connectivity index (χ4v) is 5.37. The van der Waals surface area contributed by atoms with E-state index in [0.29, 0.717) is 65.8 Å². The van der Waals surface area contributed by atoms with E-state index in [-0.39, 0.29) is 17.3 Å². The molecule has 0 saturated carbocycles. The second-order valence-electron chi connectivity index (χ2n) is 9.64. The summed E-state index contributed by atoms with van der Waals surface area (Å²) in [5.41, 5.74) is 3.26. The molecule has 5 nitrogen and oxygen atoms in total. The number of halogens is 4. The van der Waals surface area contributed by atoms with Crippen LogP contribution in [-0.4, -0.2) is 58.8 Å². The maximum Gasteiger partial charge on any atom is 0.270 e. The molecule has 1 saturated heterocycles. The van der Waals surface area contributed by atoms with E-state index < -0.39 is 5.92 Å². The van der Waals surface area contributed by atoms with Gasteiger partial charge in [0.05, 0.1) is 17.1 Å². The van der Waals surface area contributed by atoms with Crippen LogP contribution in [0, 0.1) is 6.92 Å². The fourth-order valence-electron chi connectivity index (χ4n) is 4.79. The van der Waals surface area contributed by atoms with Crippen LogP contribution in [0.2, 0.25) is 10.0 Å². The van der Waals surface area contributed by atoms with E-state index in [1.165, 1.54) is 12.1 Å². The van der Waals surface area contributed by atoms with Gasteiger partial charge in [-0.25, -0.2) is 8.78 Å². The first-order valence-electron chi connectivity index (χ1n) is 11.8. The van der Waals surface area contributed by atoms with E-state index in [1.54, 1.807) is 24.0 Å². The van der Waals surface area contributed by atoms with Crippen molar-refractivity contribution in [1.29, 1.82) is 0 Å². The molecule has 1 fully saturated rings. The summed E-state index contributed by atoms with van der Waals surface area (Å²) < 4.78 is 29.9. The van der Waals surface area contributed by atoms with Crippen LogP contribution in [0.4, 0.5) is 8.78 Å². The van der Waals surface area contributed by atoms with Gasteiger partial charge in [0.15, 0.2) is 0 Å². The Labute approximate surface area is 219 Å². The first-order chi connectivity index (χ1) is 16.9. The standard InChI is InChI=1S/C27H29Cl2F2N3O2/c1-16-11-18(27(3,30)31)12-24-21(16)13-19(32(24)4)14-22-23(28)6-5-20(25(22)29)26(36)34-9-7-33(8-10-34)15-17(2)35/h5-6,11-13H,7-10,14-15H2,1-4H3. The molecule has 0 unspecified atom stereocenters. The zero-order valence-electron chi connectivity index (χ0n) is 20.8. The molecule has 0 radical (unpaired) electrons. The van der Waals surface area contributed by atoms with Crippen molar-refractivity contribution in [3.63, 3.8) is 0 Å². The minimum absolute atomic E-state index is 0.0349. The third kappa shape index (κ3) is 5.29. The quantitative estimate of drug-likeness (QED) is 0.398. The van der Waals surface area contributed by atoms with Crippen LogP contribution in [-0.2, 0) is 24.2 Å². The molecule has 0 aliphatic carbocycles. The number of hydrogen-bond acceptors (Lipinski definition) is 3. The number of nitrogens with zero attached hydrogens (tertiary/aromatic N) is 3. The molecule has 4 rings (SSSR count). The molecule has 0 N–H and O–H groups in total. The van der Waals surface area contributed by atoms with Gasteiger partial charge in [-0.15, -0.1) is 0 Å². The lowest BCUT2D eigenvalue weighted by atomic mass is 10.0. The molecule has 2 aromatic carbocycles. The van der Waals surface area contributed by atoms with Crippen molar-refractivity contribution in [2.45, 2.75) is 33.1 Å². The molecule has 1 amide bonds. The van der Waals surface area contributed by atoms with Gasteiger partial charge in [0.1, 0.15) is 5.78 Å². The number of piperazine rings is 1. The lowest BCUT2D eigenvalue weighted by molar-refractivity contribution is -0.118. The number of benzene rings is 2. The van der Waals surface area contributed by atoms with Crippen LogP contribution in [0.25, 0.3) is 10.9 Å². The van der Waals surface area contributed by atoms with Gasteiger partial charge in [0, 0.05) is 73.8 Å². The number of ketones is 1. The molecule has 0 atom stereocenters. The first-order valence-corrected chi connectivity index (χ1v) is 12.6. The minimum atomic E-state index is -2.94. The van der Waals surface area contributed by atoms with Gasteiger partial charge < -0.3 is 9.47 Å². The Morgan fingerprint density at radius 1 is 1.06 bits per heavy atom. The molecule has 1 aliphatic rings. The van der Waals surface area contributed by atoms with Gasteiger partial charge in [-0.3, -0.25) is 14.5 Å². The Balaban J connectivity index is 1.62. The van der Waals surface area contributed by atoms with E-state index in [4.69, 9.17) is 23.2 Å². The Hall–Kier alpha value is -2.48. The zero-order valence-corrected chi connectivity index (χ0v) is 22.3. The predicted molar refractivity (Wildman–Crippen MR) is 140 cm³/mol. The van der Waals surface area contributed by atoms with Crippen molar-refractivity contribution in [1.82, 2.24) is 14.4 Å². The summed E-state index contributed by atoms with van der Waals surface area (Å²) in [5.74, 6) is -3.02. The average molecular weight is 536 g/mol. The number of aryl methyl sites for hydroxylation is 2. The highest BCUT2D eigenvalue weighted by atomic mass is 35.5. The Bertz CT molecular complexity index is 1340. The second-order valence-corrected chi connectivity index (χ2v) is 10.4. The van der Waals surface area contributed by atoms with Gasteiger partial charge >= 0.3 is 0 Å². The molecule has 3 aromatic rings. The third-order valence-corrected chi connectivity index (χ3v) is 7.64. The normalized spacial score (nSPS) is 15.1. The third-order valence-electron chi connectivity index (χ3n) is 6.86. The van der Waals surface area contributed by atoms with E-state index in [0.717, 1.165) is 23.6 Å². The minimum Gasteiger partial charge on any atom is -0.347 e.